The molecule has 0 spiro atoms. The molecular formula is C13H10BrF2NO4S. The molecule has 0 saturated heterocycles. The van der Waals surface area contributed by atoms with Gasteiger partial charge in [0.2, 0.25) is 0 Å². The molecule has 1 atom stereocenters. The zero-order valence-corrected chi connectivity index (χ0v) is 13.7. The molecule has 0 aliphatic carbocycles. The van der Waals surface area contributed by atoms with Crippen LogP contribution >= 0.6 is 27.3 Å². The van der Waals surface area contributed by atoms with E-state index in [1.54, 1.807) is 0 Å². The fourth-order valence-corrected chi connectivity index (χ4v) is 3.58. The molecule has 2 heterocycles. The lowest BCUT2D eigenvalue weighted by Gasteiger charge is -2.26. The SMILES string of the molecule is CC(=O)OCC1COc2c(cc(C(F)F)c3nc(Br)sc23)O1. The van der Waals surface area contributed by atoms with Gasteiger partial charge in [-0.15, -0.1) is 11.3 Å². The van der Waals surface area contributed by atoms with E-state index in [2.05, 4.69) is 20.9 Å². The van der Waals surface area contributed by atoms with Crippen molar-refractivity contribution in [2.75, 3.05) is 13.2 Å². The minimum atomic E-state index is -2.68. The Balaban J connectivity index is 1.98. The third-order valence-corrected chi connectivity index (χ3v) is 4.51. The number of benzene rings is 1. The standard InChI is InChI=1S/C13H10BrF2NO4S/c1-5(18)19-3-6-4-20-10-8(21-6)2-7(12(15)16)9-11(10)22-13(14)17-9/h2,6,12H,3-4H2,1H3. The molecule has 0 radical (unpaired) electrons. The molecule has 1 aromatic heterocycles. The van der Waals surface area contributed by atoms with Crippen molar-refractivity contribution in [3.63, 3.8) is 0 Å². The quantitative estimate of drug-likeness (QED) is 0.744. The first kappa shape index (κ1) is 15.4. The number of ether oxygens (including phenoxy) is 3. The second-order valence-corrected chi connectivity index (χ2v) is 6.87. The second-order valence-electron chi connectivity index (χ2n) is 4.59. The van der Waals surface area contributed by atoms with E-state index in [1.807, 2.05) is 0 Å². The lowest BCUT2D eigenvalue weighted by molar-refractivity contribution is -0.144. The van der Waals surface area contributed by atoms with E-state index < -0.39 is 18.5 Å². The fraction of sp³-hybridized carbons (Fsp3) is 0.385. The first-order chi connectivity index (χ1) is 10.5. The van der Waals surface area contributed by atoms with Gasteiger partial charge < -0.3 is 14.2 Å². The lowest BCUT2D eigenvalue weighted by atomic mass is 10.1. The summed E-state index contributed by atoms with van der Waals surface area (Å²) in [6.07, 6.45) is -3.21. The van der Waals surface area contributed by atoms with Gasteiger partial charge in [0.05, 0.1) is 5.52 Å². The summed E-state index contributed by atoms with van der Waals surface area (Å²) in [6.45, 7) is 1.45. The van der Waals surface area contributed by atoms with Crippen LogP contribution in [0.4, 0.5) is 8.78 Å². The van der Waals surface area contributed by atoms with Crippen molar-refractivity contribution < 1.29 is 27.8 Å². The molecule has 0 bridgehead atoms. The zero-order chi connectivity index (χ0) is 15.9. The van der Waals surface area contributed by atoms with Crippen LogP contribution in [-0.4, -0.2) is 30.3 Å². The molecule has 3 rings (SSSR count). The Morgan fingerprint density at radius 2 is 2.41 bits per heavy atom. The summed E-state index contributed by atoms with van der Waals surface area (Å²) in [4.78, 5) is 14.9. The highest BCUT2D eigenvalue weighted by Gasteiger charge is 2.29. The van der Waals surface area contributed by atoms with Gasteiger partial charge in [0.15, 0.2) is 21.5 Å². The minimum absolute atomic E-state index is 0.00318. The molecule has 0 amide bonds. The number of aromatic nitrogens is 1. The number of alkyl halides is 2. The van der Waals surface area contributed by atoms with Crippen LogP contribution in [-0.2, 0) is 9.53 Å². The second kappa shape index (κ2) is 5.96. The fourth-order valence-electron chi connectivity index (χ4n) is 2.10. The molecule has 0 fully saturated rings. The molecule has 1 aliphatic heterocycles. The lowest BCUT2D eigenvalue weighted by Crippen LogP contribution is -2.34. The van der Waals surface area contributed by atoms with E-state index in [9.17, 15) is 13.6 Å². The number of rotatable bonds is 3. The van der Waals surface area contributed by atoms with Gasteiger partial charge in [-0.2, -0.15) is 0 Å². The molecule has 0 N–H and O–H groups in total. The van der Waals surface area contributed by atoms with Crippen LogP contribution in [0.2, 0.25) is 0 Å². The molecule has 118 valence electrons. The maximum Gasteiger partial charge on any atom is 0.302 e. The highest BCUT2D eigenvalue weighted by molar-refractivity contribution is 9.11. The van der Waals surface area contributed by atoms with Crippen LogP contribution < -0.4 is 9.47 Å². The zero-order valence-electron chi connectivity index (χ0n) is 11.3. The van der Waals surface area contributed by atoms with Gasteiger partial charge in [-0.25, -0.2) is 13.8 Å². The Hall–Kier alpha value is -1.48. The normalized spacial score (nSPS) is 17.0. The van der Waals surface area contributed by atoms with E-state index in [4.69, 9.17) is 14.2 Å². The average molecular weight is 394 g/mol. The number of carbonyl (C=O) groups is 1. The molecule has 2 aromatic rings. The van der Waals surface area contributed by atoms with Crippen LogP contribution in [0, 0.1) is 0 Å². The van der Waals surface area contributed by atoms with E-state index in [1.165, 1.54) is 24.3 Å². The first-order valence-corrected chi connectivity index (χ1v) is 7.90. The smallest absolute Gasteiger partial charge is 0.302 e. The van der Waals surface area contributed by atoms with Crippen molar-refractivity contribution in [2.24, 2.45) is 0 Å². The van der Waals surface area contributed by atoms with Crippen molar-refractivity contribution in [2.45, 2.75) is 19.5 Å². The third kappa shape index (κ3) is 2.87. The van der Waals surface area contributed by atoms with E-state index >= 15 is 0 Å². The molecule has 1 aliphatic rings. The molecule has 1 aromatic carbocycles. The van der Waals surface area contributed by atoms with Crippen LogP contribution in [0.3, 0.4) is 0 Å². The Morgan fingerprint density at radius 1 is 1.64 bits per heavy atom. The molecule has 0 saturated carbocycles. The van der Waals surface area contributed by atoms with Crippen molar-refractivity contribution in [3.05, 3.63) is 15.5 Å². The highest BCUT2D eigenvalue weighted by Crippen LogP contribution is 2.46. The van der Waals surface area contributed by atoms with Crippen LogP contribution in [0.1, 0.15) is 18.9 Å². The molecule has 9 heteroatoms. The van der Waals surface area contributed by atoms with E-state index in [0.717, 1.165) is 0 Å². The van der Waals surface area contributed by atoms with Crippen molar-refractivity contribution in [3.8, 4) is 11.5 Å². The van der Waals surface area contributed by atoms with Gasteiger partial charge in [-0.3, -0.25) is 4.79 Å². The Labute approximate surface area is 136 Å². The largest absolute Gasteiger partial charge is 0.484 e. The average Bonchev–Trinajstić information content (AvgIpc) is 2.85. The number of esters is 1. The van der Waals surface area contributed by atoms with E-state index in [0.29, 0.717) is 14.4 Å². The highest BCUT2D eigenvalue weighted by atomic mass is 79.9. The maximum absolute atomic E-state index is 13.2. The summed E-state index contributed by atoms with van der Waals surface area (Å²) < 4.78 is 43.5. The summed E-state index contributed by atoms with van der Waals surface area (Å²) in [7, 11) is 0. The van der Waals surface area contributed by atoms with Gasteiger partial charge >= 0.3 is 5.97 Å². The molecule has 22 heavy (non-hydrogen) atoms. The molecule has 5 nitrogen and oxygen atoms in total. The number of carbonyl (C=O) groups excluding carboxylic acids is 1. The Bertz CT molecular complexity index is 736. The third-order valence-electron chi connectivity index (χ3n) is 3.01. The van der Waals surface area contributed by atoms with Crippen molar-refractivity contribution in [1.29, 1.82) is 0 Å². The van der Waals surface area contributed by atoms with Gasteiger partial charge in [0.1, 0.15) is 17.9 Å². The topological polar surface area (TPSA) is 57.7 Å². The molecular weight excluding hydrogens is 384 g/mol. The van der Waals surface area contributed by atoms with Crippen LogP contribution in [0.15, 0.2) is 9.98 Å². The van der Waals surface area contributed by atoms with Gasteiger partial charge in [-0.05, 0) is 22.0 Å². The number of halogens is 3. The number of hydrogen-bond donors (Lipinski definition) is 0. The van der Waals surface area contributed by atoms with Gasteiger partial charge in [0, 0.05) is 12.5 Å². The van der Waals surface area contributed by atoms with Gasteiger partial charge in [-0.1, -0.05) is 0 Å². The van der Waals surface area contributed by atoms with Crippen molar-refractivity contribution >= 4 is 43.5 Å². The minimum Gasteiger partial charge on any atom is -0.484 e. The maximum atomic E-state index is 13.2. The number of nitrogens with zero attached hydrogens (tertiary/aromatic N) is 1. The predicted octanol–water partition coefficient (Wildman–Crippen LogP) is 3.70. The number of hydrogen-bond acceptors (Lipinski definition) is 6. The number of fused-ring (bicyclic) bond motifs is 3. The van der Waals surface area contributed by atoms with E-state index in [-0.39, 0.29) is 30.0 Å². The first-order valence-electron chi connectivity index (χ1n) is 6.29. The summed E-state index contributed by atoms with van der Waals surface area (Å²) in [6, 6.07) is 1.23. The summed E-state index contributed by atoms with van der Waals surface area (Å²) in [5, 5.41) is 0. The Kier molecular flexibility index (Phi) is 4.18. The molecule has 1 unspecified atom stereocenters. The summed E-state index contributed by atoms with van der Waals surface area (Å²) >= 11 is 4.40. The monoisotopic (exact) mass is 393 g/mol. The van der Waals surface area contributed by atoms with Gasteiger partial charge in [0.25, 0.3) is 6.43 Å². The Morgan fingerprint density at radius 3 is 3.09 bits per heavy atom. The van der Waals surface area contributed by atoms with Crippen molar-refractivity contribution in [1.82, 2.24) is 4.98 Å². The van der Waals surface area contributed by atoms with Crippen LogP contribution in [0.25, 0.3) is 10.2 Å². The predicted molar refractivity (Wildman–Crippen MR) is 78.8 cm³/mol. The summed E-state index contributed by atoms with van der Waals surface area (Å²) in [5.74, 6) is 0.161. The van der Waals surface area contributed by atoms with Crippen LogP contribution in [0.5, 0.6) is 11.5 Å². The summed E-state index contributed by atoms with van der Waals surface area (Å²) in [5.41, 5.74) is -0.0138. The number of thiazole rings is 1.